The van der Waals surface area contributed by atoms with Gasteiger partial charge in [-0.2, -0.15) is 0 Å². The van der Waals surface area contributed by atoms with Crippen LogP contribution in [0.2, 0.25) is 0 Å². The highest BCUT2D eigenvalue weighted by Gasteiger charge is 2.29. The van der Waals surface area contributed by atoms with Gasteiger partial charge in [0.25, 0.3) is 0 Å². The molecule has 5 unspecified atom stereocenters. The van der Waals surface area contributed by atoms with Crippen molar-refractivity contribution in [3.05, 3.63) is 134 Å². The van der Waals surface area contributed by atoms with Gasteiger partial charge in [0.1, 0.15) is 25.4 Å². The fraction of sp³-hybridized carbons (Fsp3) is 0.725. The molecule has 0 rings (SSSR count). The molecule has 0 bridgehead atoms. The molecule has 0 aromatic carbocycles. The zero-order valence-electron chi connectivity index (χ0n) is 68.9. The Balaban J connectivity index is 4.44. The molecule has 628 valence electrons. The van der Waals surface area contributed by atoms with Gasteiger partial charge in [-0.25, -0.2) is 9.13 Å². The molecule has 0 aliphatic carbocycles. The number of ether oxygens (including phenoxy) is 3. The maximum atomic E-state index is 13.0. The van der Waals surface area contributed by atoms with Gasteiger partial charge in [0.2, 0.25) is 0 Å². The van der Waals surface area contributed by atoms with Crippen molar-refractivity contribution in [3.63, 3.8) is 0 Å². The van der Waals surface area contributed by atoms with E-state index in [1.54, 1.807) is 0 Å². The van der Waals surface area contributed by atoms with Crippen molar-refractivity contribution in [1.82, 2.24) is 0 Å². The van der Waals surface area contributed by atoms with Crippen molar-refractivity contribution in [2.45, 2.75) is 386 Å². The summed E-state index contributed by atoms with van der Waals surface area (Å²) in [5.41, 5.74) is 0. The second-order valence-electron chi connectivity index (χ2n) is 29.0. The quantitative estimate of drug-likeness (QED) is 0.0146. The van der Waals surface area contributed by atoms with Crippen LogP contribution in [0.1, 0.15) is 367 Å². The molecule has 109 heavy (non-hydrogen) atoms. The molecule has 0 aliphatic rings. The molecule has 0 saturated heterocycles. The van der Waals surface area contributed by atoms with E-state index in [-0.39, 0.29) is 19.3 Å². The van der Waals surface area contributed by atoms with Crippen LogP contribution in [0.3, 0.4) is 0 Å². The zero-order chi connectivity index (χ0) is 79.4. The van der Waals surface area contributed by atoms with Crippen molar-refractivity contribution in [1.29, 1.82) is 0 Å². The molecule has 0 saturated carbocycles. The summed E-state index contributed by atoms with van der Waals surface area (Å²) in [6.07, 6.45) is 102. The lowest BCUT2D eigenvalue weighted by atomic mass is 10.0. The van der Waals surface area contributed by atoms with Crippen molar-refractivity contribution in [2.24, 2.45) is 0 Å². The number of hydrogen-bond donors (Lipinski definition) is 4. The third kappa shape index (κ3) is 84.4. The summed E-state index contributed by atoms with van der Waals surface area (Å²) >= 11 is 0. The van der Waals surface area contributed by atoms with Crippen molar-refractivity contribution >= 4 is 33.6 Å². The van der Waals surface area contributed by atoms with Crippen molar-refractivity contribution in [2.75, 3.05) is 39.6 Å². The fourth-order valence-corrected chi connectivity index (χ4v) is 13.3. The van der Waals surface area contributed by atoms with Crippen LogP contribution in [0.4, 0.5) is 0 Å². The minimum absolute atomic E-state index is 0.0916. The maximum Gasteiger partial charge on any atom is 0.472 e. The summed E-state index contributed by atoms with van der Waals surface area (Å²) in [7, 11) is -9.80. The predicted octanol–water partition coefficient (Wildman–Crippen LogP) is 26.2. The zero-order valence-corrected chi connectivity index (χ0v) is 70.7. The van der Waals surface area contributed by atoms with Crippen LogP contribution in [0.15, 0.2) is 134 Å². The highest BCUT2D eigenvalue weighted by atomic mass is 31.2. The number of aliphatic hydroxyl groups excluding tert-OH is 2. The molecule has 0 spiro atoms. The van der Waals surface area contributed by atoms with Gasteiger partial charge in [0, 0.05) is 19.3 Å². The molecule has 4 N–H and O–H groups in total. The highest BCUT2D eigenvalue weighted by molar-refractivity contribution is 7.47. The Hall–Kier alpha value is -4.31. The average Bonchev–Trinajstić information content (AvgIpc) is 0.902. The van der Waals surface area contributed by atoms with Crippen LogP contribution < -0.4 is 0 Å². The number of carbonyl (C=O) groups is 3. The molecule has 0 aliphatic heterocycles. The van der Waals surface area contributed by atoms with Crippen LogP contribution >= 0.6 is 15.6 Å². The van der Waals surface area contributed by atoms with Gasteiger partial charge in [-0.15, -0.1) is 0 Å². The summed E-state index contributed by atoms with van der Waals surface area (Å²) in [6.45, 7) is 2.55. The summed E-state index contributed by atoms with van der Waals surface area (Å²) in [5.74, 6) is -1.59. The maximum absolute atomic E-state index is 13.0. The first-order chi connectivity index (χ1) is 53.2. The van der Waals surface area contributed by atoms with Gasteiger partial charge in [-0.05, 0) is 141 Å². The number of hydrogen-bond acceptors (Lipinski definition) is 14. The number of phosphoric ester groups is 2. The smallest absolute Gasteiger partial charge is 0.463 e. The Morgan fingerprint density at radius 3 is 0.798 bits per heavy atom. The molecule has 0 aromatic rings. The van der Waals surface area contributed by atoms with E-state index in [4.69, 9.17) is 32.3 Å². The molecule has 5 atom stereocenters. The van der Waals surface area contributed by atoms with Crippen molar-refractivity contribution in [3.8, 4) is 0 Å². The summed E-state index contributed by atoms with van der Waals surface area (Å²) < 4.78 is 61.3. The van der Waals surface area contributed by atoms with Crippen molar-refractivity contribution < 1.29 is 75.8 Å². The first kappa shape index (κ1) is 105. The Kier molecular flexibility index (Phi) is 79.8. The van der Waals surface area contributed by atoms with Crippen LogP contribution in [-0.4, -0.2) is 95.9 Å². The van der Waals surface area contributed by atoms with Crippen LogP contribution in [-0.2, 0) is 55.8 Å². The Bertz CT molecular complexity index is 2510. The Morgan fingerprint density at radius 2 is 0.486 bits per heavy atom. The van der Waals surface area contributed by atoms with E-state index in [0.717, 1.165) is 161 Å². The van der Waals surface area contributed by atoms with E-state index in [9.17, 15) is 43.5 Å². The lowest BCUT2D eigenvalue weighted by Crippen LogP contribution is -2.30. The second kappa shape index (κ2) is 83.1. The van der Waals surface area contributed by atoms with Gasteiger partial charge in [-0.3, -0.25) is 32.5 Å². The van der Waals surface area contributed by atoms with Gasteiger partial charge in [-0.1, -0.05) is 341 Å². The number of esters is 3. The van der Waals surface area contributed by atoms with Crippen LogP contribution in [0.5, 0.6) is 0 Å². The topological polar surface area (TPSA) is 231 Å². The predicted molar refractivity (Wildman–Crippen MR) is 454 cm³/mol. The Labute approximate surface area is 665 Å². The number of allylic oxidation sites excluding steroid dienone is 22. The molecule has 0 fully saturated rings. The van der Waals surface area contributed by atoms with E-state index in [2.05, 4.69) is 154 Å². The van der Waals surface area contributed by atoms with E-state index in [1.165, 1.54) is 148 Å². The van der Waals surface area contributed by atoms with Gasteiger partial charge < -0.3 is 34.2 Å². The number of aliphatic hydroxyl groups is 2. The fourth-order valence-electron chi connectivity index (χ4n) is 11.7. The first-order valence-electron chi connectivity index (χ1n) is 43.5. The third-order valence-electron chi connectivity index (χ3n) is 18.3. The number of unbranched alkanes of at least 4 members (excludes halogenated alkanes) is 37. The van der Waals surface area contributed by atoms with E-state index in [0.29, 0.717) is 19.3 Å². The van der Waals surface area contributed by atoms with Crippen LogP contribution in [0.25, 0.3) is 0 Å². The second-order valence-corrected chi connectivity index (χ2v) is 31.9. The lowest BCUT2D eigenvalue weighted by Gasteiger charge is -2.21. The summed E-state index contributed by atoms with van der Waals surface area (Å²) in [4.78, 5) is 58.8. The Morgan fingerprint density at radius 1 is 0.266 bits per heavy atom. The summed E-state index contributed by atoms with van der Waals surface area (Å²) in [6, 6.07) is 0. The standard InChI is InChI=1S/C91H158O16P2/c1-4-7-10-13-16-19-22-25-28-30-32-34-36-37-38-39-40-41-42-43-44-45-46-47-49-51-52-54-57-59-62-65-68-71-74-77-89(94)101-80-86(92)81-103-108(97,98)104-82-87(93)83-105-109(99,100)106-85-88(107-91(96)79-76-73-70-67-64-61-56-27-24-21-18-15-12-9-6-3)84-102-90(95)78-75-72-69-66-63-60-58-55-53-50-48-35-33-31-29-26-23-20-17-14-11-8-5-2/h7,10,16-17,19-20,25-29,32-35,37-38,40-41,50,53,56,86-88,92-93H,4-6,8-9,11-15,18,21-24,30-31,36,39,42-49,51-52,54-55,57-85H2,1-3H3,(H,97,98)(H,99,100)/b10-7-,19-16-,20-17-,28-25-,29-26-,34-32-,35-33-,38-37-,41-40-,53-50-,56-27-. The largest absolute Gasteiger partial charge is 0.472 e. The molecule has 18 heteroatoms. The number of carbonyl (C=O) groups excluding carboxylic acids is 3. The van der Waals surface area contributed by atoms with Gasteiger partial charge >= 0.3 is 33.6 Å². The van der Waals surface area contributed by atoms with Crippen LogP contribution in [0, 0.1) is 0 Å². The number of rotatable bonds is 82. The monoisotopic (exact) mass is 1570 g/mol. The molecular weight excluding hydrogens is 1410 g/mol. The average molecular weight is 1570 g/mol. The molecular formula is C91H158O16P2. The first-order valence-corrected chi connectivity index (χ1v) is 46.5. The SMILES string of the molecule is CC/C=C\C/C=C\C/C=C\C/C=C\C/C=C\C/C=C\CCCCCCCCCCCCCCCCCCC(=O)OCC(O)COP(=O)(O)OCC(O)COP(=O)(O)OCC(COC(=O)CCCCCCCCC/C=C\C/C=C\C/C=C\C/C=C\CCCCC)OC(=O)CCCCCCC/C=C\CCCCCCCC. The van der Waals surface area contributed by atoms with Gasteiger partial charge in [0.15, 0.2) is 6.10 Å². The third-order valence-corrected chi connectivity index (χ3v) is 20.2. The molecule has 0 heterocycles. The highest BCUT2D eigenvalue weighted by Crippen LogP contribution is 2.45. The minimum atomic E-state index is -4.94. The number of phosphoric acid groups is 2. The normalized spacial score (nSPS) is 14.5. The minimum Gasteiger partial charge on any atom is -0.463 e. The van der Waals surface area contributed by atoms with E-state index in [1.807, 2.05) is 0 Å². The molecule has 0 amide bonds. The van der Waals surface area contributed by atoms with E-state index >= 15 is 0 Å². The van der Waals surface area contributed by atoms with E-state index < -0.39 is 91.5 Å². The lowest BCUT2D eigenvalue weighted by molar-refractivity contribution is -0.161. The molecule has 0 radical (unpaired) electrons. The molecule has 0 aromatic heterocycles. The van der Waals surface area contributed by atoms with Gasteiger partial charge in [0.05, 0.1) is 26.4 Å². The summed E-state index contributed by atoms with van der Waals surface area (Å²) in [5, 5.41) is 20.7. The molecule has 16 nitrogen and oxygen atoms in total.